The van der Waals surface area contributed by atoms with Gasteiger partial charge in [0.15, 0.2) is 0 Å². The predicted octanol–water partition coefficient (Wildman–Crippen LogP) is 3.54. The number of likely N-dealkylation sites (N-methyl/N-ethyl adjacent to an activating group) is 1. The Morgan fingerprint density at radius 3 is 2.49 bits per heavy atom. The van der Waals surface area contributed by atoms with Gasteiger partial charge in [-0.2, -0.15) is 0 Å². The zero-order chi connectivity index (χ0) is 37.5. The molecule has 0 radical (unpaired) electrons. The third-order valence-electron chi connectivity index (χ3n) is 9.85. The fraction of sp³-hybridized carbons (Fsp3) is 0.583. The zero-order valence-corrected chi connectivity index (χ0v) is 31.1. The van der Waals surface area contributed by atoms with Crippen LogP contribution in [-0.2, 0) is 29.1 Å². The fourth-order valence-corrected chi connectivity index (χ4v) is 7.90. The van der Waals surface area contributed by atoms with Crippen LogP contribution in [-0.4, -0.2) is 102 Å². The van der Waals surface area contributed by atoms with E-state index in [1.807, 2.05) is 32.0 Å². The molecule has 2 aliphatic carbocycles. The molecule has 51 heavy (non-hydrogen) atoms. The van der Waals surface area contributed by atoms with E-state index in [-0.39, 0.29) is 25.3 Å². The number of nitrogens with one attached hydrogen (secondary N) is 2. The average Bonchev–Trinajstić information content (AvgIpc) is 4.00. The molecular formula is C36H49N5O9S. The Bertz CT molecular complexity index is 1810. The van der Waals surface area contributed by atoms with Gasteiger partial charge in [-0.3, -0.25) is 24.0 Å². The van der Waals surface area contributed by atoms with Crippen LogP contribution in [0.5, 0.6) is 11.6 Å². The summed E-state index contributed by atoms with van der Waals surface area (Å²) < 4.78 is 44.9. The minimum Gasteiger partial charge on any atom is -0.497 e. The molecule has 1 aromatic carbocycles. The second-order valence-electron chi connectivity index (χ2n) is 14.8. The molecule has 4 amide bonds. The van der Waals surface area contributed by atoms with Gasteiger partial charge >= 0.3 is 6.09 Å². The normalized spacial score (nSPS) is 24.2. The number of hydrogen-bond donors (Lipinski definition) is 2. The number of ether oxygens (including phenoxy) is 3. The minimum absolute atomic E-state index is 0.0274. The summed E-state index contributed by atoms with van der Waals surface area (Å²) in [6.45, 7) is 12.7. The first kappa shape index (κ1) is 37.8. The molecule has 14 nitrogen and oxygen atoms in total. The Morgan fingerprint density at radius 1 is 1.20 bits per heavy atom. The van der Waals surface area contributed by atoms with Crippen LogP contribution in [0.3, 0.4) is 0 Å². The van der Waals surface area contributed by atoms with Gasteiger partial charge in [0.05, 0.1) is 18.9 Å². The van der Waals surface area contributed by atoms with Crippen molar-refractivity contribution in [2.45, 2.75) is 101 Å². The number of nitrogens with zero attached hydrogens (tertiary/aromatic N) is 3. The summed E-state index contributed by atoms with van der Waals surface area (Å²) in [7, 11) is -0.829. The summed E-state index contributed by atoms with van der Waals surface area (Å²) >= 11 is 0. The summed E-state index contributed by atoms with van der Waals surface area (Å²) in [5.41, 5.74) is -2.36. The third-order valence-corrected chi connectivity index (χ3v) is 11.7. The lowest BCUT2D eigenvalue weighted by Gasteiger charge is -2.36. The maximum atomic E-state index is 14.6. The highest BCUT2D eigenvalue weighted by Crippen LogP contribution is 2.45. The highest BCUT2D eigenvalue weighted by molar-refractivity contribution is 7.91. The van der Waals surface area contributed by atoms with Crippen molar-refractivity contribution < 1.29 is 41.8 Å². The molecule has 3 fully saturated rings. The zero-order valence-electron chi connectivity index (χ0n) is 30.3. The summed E-state index contributed by atoms with van der Waals surface area (Å²) in [6, 6.07) is 5.12. The molecule has 0 bridgehead atoms. The van der Waals surface area contributed by atoms with Crippen molar-refractivity contribution in [3.8, 4) is 11.6 Å². The van der Waals surface area contributed by atoms with Gasteiger partial charge in [0.25, 0.3) is 5.91 Å². The van der Waals surface area contributed by atoms with Crippen molar-refractivity contribution in [2.24, 2.45) is 11.8 Å². The highest BCUT2D eigenvalue weighted by atomic mass is 32.2. The first-order chi connectivity index (χ1) is 23.9. The highest BCUT2D eigenvalue weighted by Gasteiger charge is 2.62. The van der Waals surface area contributed by atoms with Gasteiger partial charge in [0.2, 0.25) is 27.7 Å². The first-order valence-corrected chi connectivity index (χ1v) is 18.9. The quantitative estimate of drug-likeness (QED) is 0.291. The number of sulfonamides is 1. The molecule has 1 aliphatic heterocycles. The first-order valence-electron chi connectivity index (χ1n) is 17.3. The van der Waals surface area contributed by atoms with E-state index in [1.165, 1.54) is 22.9 Å². The van der Waals surface area contributed by atoms with Crippen molar-refractivity contribution >= 4 is 44.6 Å². The predicted molar refractivity (Wildman–Crippen MR) is 189 cm³/mol. The van der Waals surface area contributed by atoms with Crippen molar-refractivity contribution in [2.75, 3.05) is 20.7 Å². The molecule has 6 unspecified atom stereocenters. The number of aromatic nitrogens is 1. The van der Waals surface area contributed by atoms with Crippen LogP contribution >= 0.6 is 0 Å². The molecule has 15 heteroatoms. The summed E-state index contributed by atoms with van der Waals surface area (Å²) in [5.74, 6) is -1.88. The molecule has 0 spiro atoms. The Labute approximate surface area is 299 Å². The van der Waals surface area contributed by atoms with Crippen molar-refractivity contribution in [1.82, 2.24) is 24.8 Å². The average molecular weight is 728 g/mol. The minimum atomic E-state index is -3.89. The molecular weight excluding hydrogens is 678 g/mol. The number of carbonyl (C=O) groups excluding carboxylic acids is 4. The van der Waals surface area contributed by atoms with Crippen LogP contribution in [0.1, 0.15) is 66.7 Å². The van der Waals surface area contributed by atoms with Gasteiger partial charge < -0.3 is 24.4 Å². The molecule has 5 rings (SSSR count). The van der Waals surface area contributed by atoms with Gasteiger partial charge in [-0.1, -0.05) is 26.3 Å². The molecule has 1 saturated heterocycles. The lowest BCUT2D eigenvalue weighted by Crippen LogP contribution is -2.59. The molecule has 1 aromatic heterocycles. The molecule has 2 heterocycles. The number of amides is 4. The Kier molecular flexibility index (Phi) is 10.6. The van der Waals surface area contributed by atoms with Crippen molar-refractivity contribution in [3.05, 3.63) is 43.1 Å². The third kappa shape index (κ3) is 8.08. The lowest BCUT2D eigenvalue weighted by atomic mass is 9.96. The van der Waals surface area contributed by atoms with Crippen LogP contribution < -0.4 is 19.5 Å². The number of carbonyl (C=O) groups is 4. The van der Waals surface area contributed by atoms with E-state index in [0.29, 0.717) is 36.3 Å². The number of benzene rings is 1. The molecule has 278 valence electrons. The second kappa shape index (κ2) is 14.3. The summed E-state index contributed by atoms with van der Waals surface area (Å²) in [6.07, 6.45) is 3.34. The molecule has 2 saturated carbocycles. The van der Waals surface area contributed by atoms with Crippen LogP contribution in [0.15, 0.2) is 43.1 Å². The number of pyridine rings is 1. The van der Waals surface area contributed by atoms with Crippen molar-refractivity contribution in [3.63, 3.8) is 0 Å². The topological polar surface area (TPSA) is 174 Å². The van der Waals surface area contributed by atoms with E-state index in [0.717, 1.165) is 5.39 Å². The number of hydrogen-bond acceptors (Lipinski definition) is 10. The number of likely N-dealkylation sites (tertiary alicyclic amines) is 1. The molecule has 2 N–H and O–H groups in total. The largest absolute Gasteiger partial charge is 0.497 e. The van der Waals surface area contributed by atoms with E-state index in [1.54, 1.807) is 40.1 Å². The molecule has 2 aromatic rings. The lowest BCUT2D eigenvalue weighted by molar-refractivity contribution is -0.144. The number of methoxy groups -OCH3 is 1. The van der Waals surface area contributed by atoms with Gasteiger partial charge in [-0.05, 0) is 75.6 Å². The number of rotatable bonds is 13. The van der Waals surface area contributed by atoms with Crippen LogP contribution in [0, 0.1) is 11.8 Å². The van der Waals surface area contributed by atoms with Gasteiger partial charge in [0.1, 0.15) is 35.1 Å². The van der Waals surface area contributed by atoms with Gasteiger partial charge in [0, 0.05) is 31.0 Å². The Morgan fingerprint density at radius 2 is 1.90 bits per heavy atom. The molecule has 6 atom stereocenters. The SMILES string of the molecule is C=CC1CC1(NC(=O)C1CC(Oc2nccc3cc(OC)ccc23)CN1C(=O)C(C(C)CC)N(C)C(=O)OC(C)(C)C)C(=O)NS(=O)(=O)C1CC1. The second-order valence-corrected chi connectivity index (χ2v) is 16.8. The summed E-state index contributed by atoms with van der Waals surface area (Å²) in [5, 5.41) is 3.67. The van der Waals surface area contributed by atoms with Crippen LogP contribution in [0.2, 0.25) is 0 Å². The maximum Gasteiger partial charge on any atom is 0.410 e. The van der Waals surface area contributed by atoms with Gasteiger partial charge in [-0.25, -0.2) is 18.2 Å². The van der Waals surface area contributed by atoms with Crippen LogP contribution in [0.25, 0.3) is 10.8 Å². The molecule has 3 aliphatic rings. The Balaban J connectivity index is 1.46. The van der Waals surface area contributed by atoms with Crippen LogP contribution in [0.4, 0.5) is 4.79 Å². The van der Waals surface area contributed by atoms with E-state index in [4.69, 9.17) is 14.2 Å². The monoisotopic (exact) mass is 727 g/mol. The summed E-state index contributed by atoms with van der Waals surface area (Å²) in [4.78, 5) is 62.7. The van der Waals surface area contributed by atoms with E-state index >= 15 is 0 Å². The van der Waals surface area contributed by atoms with E-state index < -0.39 is 74.3 Å². The standard InChI is InChI=1S/C36H49N5O9S/c1-9-21(3)29(40(7)34(45)50-35(4,5)6)32(43)41-20-25(49-31-27-14-11-24(48-8)17-22(27)15-16-37-31)18-28(41)30(42)38-36(19-23(36)10-2)33(44)39-51(46,47)26-12-13-26/h10-11,14-17,21,23,25-26,28-29H,2,9,12-13,18-20H2,1,3-8H3,(H,38,42)(H,39,44). The van der Waals surface area contributed by atoms with Crippen molar-refractivity contribution in [1.29, 1.82) is 0 Å². The number of fused-ring (bicyclic) bond motifs is 1. The fourth-order valence-electron chi connectivity index (χ4n) is 6.53. The smallest absolute Gasteiger partial charge is 0.410 e. The Hall–Kier alpha value is -4.40. The maximum absolute atomic E-state index is 14.6. The van der Waals surface area contributed by atoms with E-state index in [9.17, 15) is 27.6 Å². The van der Waals surface area contributed by atoms with E-state index in [2.05, 4.69) is 21.6 Å². The van der Waals surface area contributed by atoms with Gasteiger partial charge in [-0.15, -0.1) is 6.58 Å².